The van der Waals surface area contributed by atoms with E-state index in [1.54, 1.807) is 20.8 Å². The third-order valence-electron chi connectivity index (χ3n) is 4.74. The van der Waals surface area contributed by atoms with Crippen molar-refractivity contribution < 1.29 is 31.4 Å². The minimum absolute atomic E-state index is 0.0244. The Balaban J connectivity index is 2.33. The Morgan fingerprint density at radius 3 is 2.07 bits per heavy atom. The van der Waals surface area contributed by atoms with Gasteiger partial charge in [-0.25, -0.2) is 12.7 Å². The Morgan fingerprint density at radius 1 is 1.04 bits per heavy atom. The van der Waals surface area contributed by atoms with Crippen LogP contribution in [0.25, 0.3) is 0 Å². The number of sulfonamides is 1. The Bertz CT molecular complexity index is 1010. The van der Waals surface area contributed by atoms with Crippen molar-refractivity contribution in [3.05, 3.63) is 53.6 Å². The Kier molecular flexibility index (Phi) is 4.47. The summed E-state index contributed by atoms with van der Waals surface area (Å²) in [6.07, 6.45) is -5.28. The molecule has 0 fully saturated rings. The van der Waals surface area contributed by atoms with E-state index in [0.717, 1.165) is 24.3 Å². The van der Waals surface area contributed by atoms with Crippen molar-refractivity contribution in [1.29, 1.82) is 0 Å². The second kappa shape index (κ2) is 6.12. The van der Waals surface area contributed by atoms with E-state index in [1.165, 1.54) is 25.3 Å². The second-order valence-electron chi connectivity index (χ2n) is 7.60. The van der Waals surface area contributed by atoms with Crippen molar-refractivity contribution in [3.8, 4) is 5.75 Å². The van der Waals surface area contributed by atoms with Crippen LogP contribution >= 0.6 is 0 Å². The van der Waals surface area contributed by atoms with Crippen LogP contribution in [-0.2, 0) is 21.2 Å². The van der Waals surface area contributed by atoms with Crippen LogP contribution < -0.4 is 9.04 Å². The summed E-state index contributed by atoms with van der Waals surface area (Å²) in [6, 6.07) is 8.66. The van der Waals surface area contributed by atoms with Gasteiger partial charge in [0.1, 0.15) is 5.75 Å². The molecule has 0 aromatic heterocycles. The molecule has 1 heterocycles. The number of rotatable bonds is 2. The number of anilines is 1. The number of hydrogen-bond donors (Lipinski definition) is 1. The van der Waals surface area contributed by atoms with Gasteiger partial charge in [0.2, 0.25) is 0 Å². The Hall–Kier alpha value is -2.26. The zero-order valence-electron chi connectivity index (χ0n) is 15.7. The van der Waals surface area contributed by atoms with Gasteiger partial charge in [0.05, 0.1) is 17.7 Å². The van der Waals surface area contributed by atoms with E-state index in [4.69, 9.17) is 4.74 Å². The SMILES string of the molecule is COc1ccc(N2C(O)(C(F)(F)F)c3cc(C(C)(C)C)ccc3S2(=O)=O)cc1. The lowest BCUT2D eigenvalue weighted by molar-refractivity contribution is -0.260. The summed E-state index contributed by atoms with van der Waals surface area (Å²) in [6.45, 7) is 5.35. The number of nitrogens with zero attached hydrogens (tertiary/aromatic N) is 1. The predicted octanol–water partition coefficient (Wildman–Crippen LogP) is 3.91. The molecular weight excluding hydrogens is 395 g/mol. The normalized spacial score (nSPS) is 21.5. The second-order valence-corrected chi connectivity index (χ2v) is 9.35. The fourth-order valence-electron chi connectivity index (χ4n) is 3.19. The average Bonchev–Trinajstić information content (AvgIpc) is 2.78. The van der Waals surface area contributed by atoms with Gasteiger partial charge in [0.25, 0.3) is 15.7 Å². The van der Waals surface area contributed by atoms with Crippen molar-refractivity contribution in [2.45, 2.75) is 43.0 Å². The van der Waals surface area contributed by atoms with Crippen LogP contribution in [0.15, 0.2) is 47.4 Å². The van der Waals surface area contributed by atoms with Crippen molar-refractivity contribution in [3.63, 3.8) is 0 Å². The van der Waals surface area contributed by atoms with E-state index in [9.17, 15) is 26.7 Å². The molecule has 1 atom stereocenters. The molecule has 5 nitrogen and oxygen atoms in total. The molecule has 0 radical (unpaired) electrons. The minimum Gasteiger partial charge on any atom is -0.497 e. The van der Waals surface area contributed by atoms with E-state index in [2.05, 4.69) is 0 Å². The fourth-order valence-corrected chi connectivity index (χ4v) is 5.05. The predicted molar refractivity (Wildman–Crippen MR) is 97.8 cm³/mol. The quantitative estimate of drug-likeness (QED) is 0.808. The zero-order valence-corrected chi connectivity index (χ0v) is 16.5. The molecule has 1 N–H and O–H groups in total. The lowest BCUT2D eigenvalue weighted by Gasteiger charge is -2.35. The van der Waals surface area contributed by atoms with Crippen LogP contribution in [0, 0.1) is 0 Å². The molecule has 3 rings (SSSR count). The maximum Gasteiger partial charge on any atom is 0.442 e. The average molecular weight is 415 g/mol. The van der Waals surface area contributed by atoms with Gasteiger partial charge in [-0.05, 0) is 47.4 Å². The fraction of sp³-hybridized carbons (Fsp3) is 0.368. The van der Waals surface area contributed by atoms with Gasteiger partial charge in [-0.3, -0.25) is 0 Å². The number of hydrogen-bond acceptors (Lipinski definition) is 4. The summed E-state index contributed by atoms with van der Waals surface area (Å²) in [5.74, 6) is 0.337. The molecule has 2 aromatic carbocycles. The summed E-state index contributed by atoms with van der Waals surface area (Å²) in [7, 11) is -3.28. The number of methoxy groups -OCH3 is 1. The first-order chi connectivity index (χ1) is 12.7. The summed E-state index contributed by atoms with van der Waals surface area (Å²) < 4.78 is 73.3. The number of benzene rings is 2. The van der Waals surface area contributed by atoms with Gasteiger partial charge < -0.3 is 9.84 Å². The van der Waals surface area contributed by atoms with Gasteiger partial charge in [-0.1, -0.05) is 26.8 Å². The van der Waals surface area contributed by atoms with Crippen molar-refractivity contribution in [1.82, 2.24) is 0 Å². The zero-order chi connectivity index (χ0) is 21.1. The molecule has 1 unspecified atom stereocenters. The number of alkyl halides is 3. The molecule has 152 valence electrons. The van der Waals surface area contributed by atoms with E-state index < -0.39 is 37.8 Å². The molecule has 0 bridgehead atoms. The molecule has 2 aromatic rings. The van der Waals surface area contributed by atoms with Crippen LogP contribution in [0.5, 0.6) is 5.75 Å². The highest BCUT2D eigenvalue weighted by Gasteiger charge is 2.68. The van der Waals surface area contributed by atoms with Gasteiger partial charge in [-0.2, -0.15) is 13.2 Å². The maximum atomic E-state index is 14.1. The molecule has 0 spiro atoms. The smallest absolute Gasteiger partial charge is 0.442 e. The molecule has 9 heteroatoms. The summed E-state index contributed by atoms with van der Waals surface area (Å²) >= 11 is 0. The molecule has 1 aliphatic heterocycles. The number of halogens is 3. The molecular formula is C19H20F3NO4S. The highest BCUT2D eigenvalue weighted by atomic mass is 32.2. The van der Waals surface area contributed by atoms with E-state index >= 15 is 0 Å². The van der Waals surface area contributed by atoms with E-state index in [-0.39, 0.29) is 9.99 Å². The third kappa shape index (κ3) is 2.84. The number of ether oxygens (including phenoxy) is 1. The largest absolute Gasteiger partial charge is 0.497 e. The molecule has 0 saturated carbocycles. The molecule has 0 saturated heterocycles. The van der Waals surface area contributed by atoms with Crippen LogP contribution in [0.2, 0.25) is 0 Å². The maximum absolute atomic E-state index is 14.1. The highest BCUT2D eigenvalue weighted by molar-refractivity contribution is 7.93. The minimum atomic E-state index is -5.28. The molecule has 0 amide bonds. The van der Waals surface area contributed by atoms with E-state index in [1.807, 2.05) is 0 Å². The summed E-state index contributed by atoms with van der Waals surface area (Å²) in [5, 5.41) is 10.8. The first kappa shape index (κ1) is 20.5. The van der Waals surface area contributed by atoms with Crippen LogP contribution in [0.4, 0.5) is 18.9 Å². The van der Waals surface area contributed by atoms with E-state index in [0.29, 0.717) is 11.3 Å². The first-order valence-corrected chi connectivity index (χ1v) is 9.82. The van der Waals surface area contributed by atoms with Crippen molar-refractivity contribution in [2.75, 3.05) is 11.4 Å². The molecule has 28 heavy (non-hydrogen) atoms. The lowest BCUT2D eigenvalue weighted by atomic mass is 9.84. The standard InChI is InChI=1S/C19H20F3NO4S/c1-17(2,3)12-5-10-16-15(11-12)18(24,19(20,21)22)23(28(16,25)26)13-6-8-14(27-4)9-7-13/h5-11,24H,1-4H3. The summed E-state index contributed by atoms with van der Waals surface area (Å²) in [4.78, 5) is -0.573. The molecule has 0 aliphatic carbocycles. The third-order valence-corrected chi connectivity index (χ3v) is 6.60. The van der Waals surface area contributed by atoms with Gasteiger partial charge >= 0.3 is 6.18 Å². The number of fused-ring (bicyclic) bond motifs is 1. The van der Waals surface area contributed by atoms with Gasteiger partial charge in [0, 0.05) is 5.56 Å². The van der Waals surface area contributed by atoms with Crippen molar-refractivity contribution in [2.24, 2.45) is 0 Å². The highest BCUT2D eigenvalue weighted by Crippen LogP contribution is 2.53. The first-order valence-electron chi connectivity index (χ1n) is 8.38. The van der Waals surface area contributed by atoms with Crippen molar-refractivity contribution >= 4 is 15.7 Å². The number of aliphatic hydroxyl groups is 1. The van der Waals surface area contributed by atoms with Gasteiger partial charge in [-0.15, -0.1) is 0 Å². The topological polar surface area (TPSA) is 66.8 Å². The Morgan fingerprint density at radius 2 is 1.61 bits per heavy atom. The van der Waals surface area contributed by atoms with Crippen LogP contribution in [0.3, 0.4) is 0 Å². The van der Waals surface area contributed by atoms with Crippen LogP contribution in [0.1, 0.15) is 31.9 Å². The van der Waals surface area contributed by atoms with Gasteiger partial charge in [0.15, 0.2) is 0 Å². The lowest BCUT2D eigenvalue weighted by Crippen LogP contribution is -2.54. The molecule has 1 aliphatic rings. The summed E-state index contributed by atoms with van der Waals surface area (Å²) in [5.41, 5.74) is -4.83. The Labute approximate surface area is 161 Å². The van der Waals surface area contributed by atoms with Crippen LogP contribution in [-0.4, -0.2) is 26.8 Å². The monoisotopic (exact) mass is 415 g/mol.